The molecule has 0 aromatic heterocycles. The summed E-state index contributed by atoms with van der Waals surface area (Å²) in [6.07, 6.45) is 2.09. The highest BCUT2D eigenvalue weighted by Crippen LogP contribution is 2.49. The number of nitrogens with one attached hydrogen (secondary N) is 1. The number of likely N-dealkylation sites (tertiary alicyclic amines) is 1. The number of methoxy groups -OCH3 is 2. The van der Waals surface area contributed by atoms with Crippen LogP contribution < -0.4 is 15.0 Å². The monoisotopic (exact) mass is 819 g/mol. The van der Waals surface area contributed by atoms with E-state index in [-0.39, 0.29) is 30.2 Å². The molecule has 3 amide bonds. The number of anilines is 1. The Kier molecular flexibility index (Phi) is 12.8. The minimum atomic E-state index is -1.83. The number of benzene rings is 2. The zero-order valence-corrected chi connectivity index (χ0v) is 35.0. The SMILES string of the molecule is C=C(C)c1ccc(CC(=O)N2CCCC2C(=O)O[C@H]2CC(=O)N(C)c3cc(cc(OC)c3Cl)C/C(C)=C/C=C/[C@@H](OC)[C@@]3(O)C[C@H](OC(=O)N3)[C@@H](C)[C@@H]3O[C@@]23C)cc1. The number of epoxide rings is 1. The van der Waals surface area contributed by atoms with E-state index in [0.29, 0.717) is 37.2 Å². The van der Waals surface area contributed by atoms with Crippen molar-refractivity contribution >= 4 is 46.7 Å². The molecule has 8 atom stereocenters. The topological polar surface area (TPSA) is 156 Å². The summed E-state index contributed by atoms with van der Waals surface area (Å²) in [5.41, 5.74) is 1.79. The first-order valence-corrected chi connectivity index (χ1v) is 20.0. The molecule has 58 heavy (non-hydrogen) atoms. The second-order valence-electron chi connectivity index (χ2n) is 16.1. The minimum absolute atomic E-state index is 0.0489. The van der Waals surface area contributed by atoms with E-state index in [1.54, 1.807) is 37.1 Å². The number of carbonyl (C=O) groups is 4. The molecule has 0 saturated carbocycles. The van der Waals surface area contributed by atoms with Crippen molar-refractivity contribution < 1.29 is 48.0 Å². The Morgan fingerprint density at radius 2 is 1.88 bits per heavy atom. The number of hydrogen-bond acceptors (Lipinski definition) is 10. The normalized spacial score (nSPS) is 31.6. The molecule has 3 fully saturated rings. The predicted molar refractivity (Wildman–Crippen MR) is 218 cm³/mol. The van der Waals surface area contributed by atoms with Gasteiger partial charge in [-0.3, -0.25) is 14.9 Å². The fourth-order valence-electron chi connectivity index (χ4n) is 8.32. The summed E-state index contributed by atoms with van der Waals surface area (Å²) in [7, 11) is 4.53. The van der Waals surface area contributed by atoms with Gasteiger partial charge in [0.15, 0.2) is 5.72 Å². The first-order valence-electron chi connectivity index (χ1n) is 19.6. The fourth-order valence-corrected chi connectivity index (χ4v) is 8.63. The largest absolute Gasteiger partial charge is 0.495 e. The van der Waals surface area contributed by atoms with Gasteiger partial charge in [-0.15, -0.1) is 0 Å². The Balaban J connectivity index is 1.32. The lowest BCUT2D eigenvalue weighted by atomic mass is 9.83. The summed E-state index contributed by atoms with van der Waals surface area (Å²) in [6.45, 7) is 11.8. The van der Waals surface area contributed by atoms with Crippen molar-refractivity contribution in [2.45, 2.75) is 108 Å². The van der Waals surface area contributed by atoms with Gasteiger partial charge < -0.3 is 38.6 Å². The second kappa shape index (κ2) is 17.3. The molecule has 3 saturated heterocycles. The van der Waals surface area contributed by atoms with Crippen molar-refractivity contribution in [2.75, 3.05) is 32.7 Å². The van der Waals surface area contributed by atoms with Gasteiger partial charge in [-0.1, -0.05) is 78.7 Å². The summed E-state index contributed by atoms with van der Waals surface area (Å²) >= 11 is 6.81. The molecule has 312 valence electrons. The van der Waals surface area contributed by atoms with Crippen LogP contribution in [-0.4, -0.2) is 103 Å². The zero-order valence-electron chi connectivity index (χ0n) is 34.2. The molecule has 1 unspecified atom stereocenters. The maximum Gasteiger partial charge on any atom is 0.409 e. The molecule has 2 aromatic carbocycles. The lowest BCUT2D eigenvalue weighted by molar-refractivity contribution is -0.161. The molecule has 4 heterocycles. The Morgan fingerprint density at radius 3 is 2.55 bits per heavy atom. The average Bonchev–Trinajstić information content (AvgIpc) is 3.62. The Labute approximate surface area is 344 Å². The van der Waals surface area contributed by atoms with Crippen LogP contribution >= 0.6 is 11.6 Å². The molecular weight excluding hydrogens is 766 g/mol. The molecule has 14 heteroatoms. The number of rotatable bonds is 7. The molecule has 6 rings (SSSR count). The van der Waals surface area contributed by atoms with Crippen molar-refractivity contribution in [1.29, 1.82) is 0 Å². The third-order valence-electron chi connectivity index (χ3n) is 11.9. The van der Waals surface area contributed by atoms with E-state index >= 15 is 0 Å². The number of alkyl carbamates (subject to hydrolysis) is 1. The quantitative estimate of drug-likeness (QED) is 0.254. The number of esters is 1. The van der Waals surface area contributed by atoms with Crippen LogP contribution in [0.3, 0.4) is 0 Å². The lowest BCUT2D eigenvalue weighted by Crippen LogP contribution is -2.63. The number of ether oxygens (including phenoxy) is 5. The Bertz CT molecular complexity index is 2000. The Hall–Kier alpha value is -4.69. The molecule has 13 nitrogen and oxygen atoms in total. The highest BCUT2D eigenvalue weighted by Gasteiger charge is 2.64. The van der Waals surface area contributed by atoms with Gasteiger partial charge >= 0.3 is 12.1 Å². The van der Waals surface area contributed by atoms with Crippen LogP contribution in [-0.2, 0) is 46.2 Å². The molecule has 2 aromatic rings. The maximum absolute atomic E-state index is 14.3. The third-order valence-corrected chi connectivity index (χ3v) is 12.2. The molecular formula is C44H54ClN3O10. The third kappa shape index (κ3) is 8.97. The van der Waals surface area contributed by atoms with E-state index in [9.17, 15) is 24.3 Å². The van der Waals surface area contributed by atoms with Crippen molar-refractivity contribution in [1.82, 2.24) is 10.2 Å². The number of halogens is 1. The van der Waals surface area contributed by atoms with Gasteiger partial charge in [-0.25, -0.2) is 9.59 Å². The first-order chi connectivity index (χ1) is 27.5. The molecule has 0 aliphatic carbocycles. The highest BCUT2D eigenvalue weighted by molar-refractivity contribution is 6.35. The number of allylic oxidation sites excluding steroid dienone is 4. The summed E-state index contributed by atoms with van der Waals surface area (Å²) in [4.78, 5) is 58.1. The van der Waals surface area contributed by atoms with E-state index in [1.807, 2.05) is 57.2 Å². The van der Waals surface area contributed by atoms with Gasteiger partial charge in [0, 0.05) is 33.0 Å². The molecule has 4 aliphatic heterocycles. The molecule has 0 radical (unpaired) electrons. The molecule has 2 N–H and O–H groups in total. The smallest absolute Gasteiger partial charge is 0.409 e. The van der Waals surface area contributed by atoms with Gasteiger partial charge in [0.05, 0.1) is 31.7 Å². The summed E-state index contributed by atoms with van der Waals surface area (Å²) in [5.74, 6) is -1.43. The van der Waals surface area contributed by atoms with Crippen LogP contribution in [0.4, 0.5) is 10.5 Å². The van der Waals surface area contributed by atoms with Crippen LogP contribution in [0.25, 0.3) is 5.57 Å². The predicted octanol–water partition coefficient (Wildman–Crippen LogP) is 5.93. The van der Waals surface area contributed by atoms with Crippen molar-refractivity contribution in [3.05, 3.63) is 88.5 Å². The maximum atomic E-state index is 14.3. The van der Waals surface area contributed by atoms with E-state index in [2.05, 4.69) is 11.9 Å². The van der Waals surface area contributed by atoms with Crippen LogP contribution in [0.5, 0.6) is 5.75 Å². The number of amides is 3. The van der Waals surface area contributed by atoms with Crippen LogP contribution in [0.2, 0.25) is 5.02 Å². The summed E-state index contributed by atoms with van der Waals surface area (Å²) in [6, 6.07) is 10.3. The number of fused-ring (bicyclic) bond motifs is 5. The highest BCUT2D eigenvalue weighted by atomic mass is 35.5. The molecule has 4 bridgehead atoms. The van der Waals surface area contributed by atoms with Crippen LogP contribution in [0.15, 0.2) is 66.8 Å². The van der Waals surface area contributed by atoms with Gasteiger partial charge in [0.2, 0.25) is 11.8 Å². The zero-order chi connectivity index (χ0) is 42.1. The number of hydrogen-bond donors (Lipinski definition) is 2. The van der Waals surface area contributed by atoms with Crippen molar-refractivity contribution in [3.63, 3.8) is 0 Å². The van der Waals surface area contributed by atoms with E-state index in [0.717, 1.165) is 27.8 Å². The fraction of sp³-hybridized carbons (Fsp3) is 0.500. The van der Waals surface area contributed by atoms with E-state index in [4.69, 9.17) is 35.3 Å². The molecule has 0 spiro atoms. The molecule has 4 aliphatic rings. The second-order valence-corrected chi connectivity index (χ2v) is 16.5. The Morgan fingerprint density at radius 1 is 1.16 bits per heavy atom. The van der Waals surface area contributed by atoms with Gasteiger partial charge in [-0.2, -0.15) is 0 Å². The number of carbonyl (C=O) groups excluding carboxylic acids is 4. The van der Waals surface area contributed by atoms with Gasteiger partial charge in [-0.05, 0) is 68.9 Å². The lowest BCUT2D eigenvalue weighted by Gasteiger charge is -2.42. The standard InChI is InChI=1S/C44H54ClN3O10/c1-25(2)30-16-14-28(15-17-30)22-38(50)48-18-10-12-31(48)41(51)57-36-23-37(49)47(6)32-20-29(21-33(54-7)39(32)45)19-26(3)11-9-13-35(55-8)44(53)24-34(56-42(52)46-44)27(4)40-43(36,5)58-40/h9,11,13-17,20-21,27,31,34-36,40,53H,1,10,12,18-19,22-24H2,2-8H3,(H,46,52)/b13-9+,26-11+/t27-,31?,34+,35-,36+,40+,43+,44+/m1/s1. The average molecular weight is 820 g/mol. The minimum Gasteiger partial charge on any atom is -0.495 e. The number of nitrogens with zero attached hydrogens (tertiary/aromatic N) is 2. The van der Waals surface area contributed by atoms with Crippen molar-refractivity contribution in [2.24, 2.45) is 5.92 Å². The summed E-state index contributed by atoms with van der Waals surface area (Å²) < 4.78 is 29.6. The van der Waals surface area contributed by atoms with Gasteiger partial charge in [0.1, 0.15) is 40.7 Å². The van der Waals surface area contributed by atoms with Crippen LogP contribution in [0.1, 0.15) is 70.1 Å². The summed E-state index contributed by atoms with van der Waals surface area (Å²) in [5, 5.41) is 14.6. The number of aliphatic hydroxyl groups is 1. The van der Waals surface area contributed by atoms with Gasteiger partial charge in [0.25, 0.3) is 0 Å². The van der Waals surface area contributed by atoms with Crippen LogP contribution in [0, 0.1) is 5.92 Å². The van der Waals surface area contributed by atoms with Crippen molar-refractivity contribution in [3.8, 4) is 5.75 Å². The van der Waals surface area contributed by atoms with E-state index in [1.165, 1.54) is 19.1 Å². The van der Waals surface area contributed by atoms with E-state index < -0.39 is 65.7 Å². The first kappa shape index (κ1) is 42.9.